The van der Waals surface area contributed by atoms with Crippen molar-refractivity contribution in [3.63, 3.8) is 0 Å². The molecule has 0 saturated carbocycles. The van der Waals surface area contributed by atoms with Crippen molar-refractivity contribution in [2.75, 3.05) is 13.7 Å². The highest BCUT2D eigenvalue weighted by Crippen LogP contribution is 2.16. The summed E-state index contributed by atoms with van der Waals surface area (Å²) in [7, 11) is 1.51. The third kappa shape index (κ3) is 5.21. The van der Waals surface area contributed by atoms with Gasteiger partial charge in [-0.1, -0.05) is 13.8 Å². The van der Waals surface area contributed by atoms with E-state index in [9.17, 15) is 9.59 Å². The monoisotopic (exact) mass is 295 g/mol. The van der Waals surface area contributed by atoms with E-state index in [1.807, 2.05) is 18.5 Å². The Morgan fingerprint density at radius 2 is 2.00 bits per heavy atom. The van der Waals surface area contributed by atoms with Gasteiger partial charge < -0.3 is 10.1 Å². The molecule has 0 aliphatic carbocycles. The van der Waals surface area contributed by atoms with Gasteiger partial charge in [-0.2, -0.15) is 5.10 Å². The summed E-state index contributed by atoms with van der Waals surface area (Å²) in [6.07, 6.45) is 0.842. The Labute approximate surface area is 125 Å². The Morgan fingerprint density at radius 1 is 1.33 bits per heavy atom. The Bertz CT molecular complexity index is 507. The third-order valence-corrected chi connectivity index (χ3v) is 3.29. The molecule has 0 spiro atoms. The molecule has 0 unspecified atom stereocenters. The number of rotatable bonds is 7. The van der Waals surface area contributed by atoms with E-state index in [0.29, 0.717) is 12.3 Å². The molecular formula is C15H25N3O3. The molecular weight excluding hydrogens is 270 g/mol. The lowest BCUT2D eigenvalue weighted by molar-refractivity contribution is -0.148. The van der Waals surface area contributed by atoms with Crippen molar-refractivity contribution in [3.8, 4) is 0 Å². The van der Waals surface area contributed by atoms with Crippen molar-refractivity contribution in [3.05, 3.63) is 17.0 Å². The number of ether oxygens (including phenoxy) is 1. The molecule has 0 aliphatic heterocycles. The Morgan fingerprint density at radius 3 is 2.57 bits per heavy atom. The van der Waals surface area contributed by atoms with Crippen molar-refractivity contribution in [2.24, 2.45) is 5.92 Å². The summed E-state index contributed by atoms with van der Waals surface area (Å²) in [4.78, 5) is 22.6. The number of hydrogen-bond donors (Lipinski definition) is 1. The molecule has 1 N–H and O–H groups in total. The number of likely N-dealkylation sites (N-methyl/N-ethyl adjacent to an activating group) is 1. The fourth-order valence-corrected chi connectivity index (χ4v) is 2.14. The quantitative estimate of drug-likeness (QED) is 0.771. The van der Waals surface area contributed by atoms with Crippen LogP contribution in [0.15, 0.2) is 0 Å². The zero-order valence-corrected chi connectivity index (χ0v) is 13.5. The lowest BCUT2D eigenvalue weighted by Gasteiger charge is -2.08. The summed E-state index contributed by atoms with van der Waals surface area (Å²) >= 11 is 0. The van der Waals surface area contributed by atoms with Crippen LogP contribution < -0.4 is 5.32 Å². The molecule has 0 atom stereocenters. The van der Waals surface area contributed by atoms with Gasteiger partial charge in [0.05, 0.1) is 5.69 Å². The van der Waals surface area contributed by atoms with Crippen LogP contribution in [-0.2, 0) is 27.3 Å². The van der Waals surface area contributed by atoms with Crippen LogP contribution in [0, 0.1) is 19.8 Å². The highest BCUT2D eigenvalue weighted by molar-refractivity contribution is 5.80. The first-order valence-corrected chi connectivity index (χ1v) is 7.24. The third-order valence-electron chi connectivity index (χ3n) is 3.29. The molecule has 118 valence electrons. The van der Waals surface area contributed by atoms with Gasteiger partial charge in [0, 0.05) is 25.7 Å². The Balaban J connectivity index is 2.57. The van der Waals surface area contributed by atoms with Crippen LogP contribution in [-0.4, -0.2) is 35.3 Å². The molecule has 1 amide bonds. The number of aromatic nitrogens is 2. The Hall–Kier alpha value is -1.85. The molecule has 1 aromatic heterocycles. The molecule has 0 aliphatic rings. The maximum Gasteiger partial charge on any atom is 0.306 e. The number of nitrogens with zero attached hydrogens (tertiary/aromatic N) is 2. The Kier molecular flexibility index (Phi) is 6.39. The molecule has 0 saturated heterocycles. The van der Waals surface area contributed by atoms with Crippen LogP contribution in [0.2, 0.25) is 0 Å². The van der Waals surface area contributed by atoms with E-state index in [4.69, 9.17) is 4.74 Å². The summed E-state index contributed by atoms with van der Waals surface area (Å²) in [5.41, 5.74) is 3.14. The largest absolute Gasteiger partial charge is 0.456 e. The number of amides is 1. The van der Waals surface area contributed by atoms with Crippen molar-refractivity contribution in [2.45, 2.75) is 47.1 Å². The fourth-order valence-electron chi connectivity index (χ4n) is 2.14. The molecule has 0 fully saturated rings. The second kappa shape index (κ2) is 7.81. The van der Waals surface area contributed by atoms with Crippen molar-refractivity contribution < 1.29 is 14.3 Å². The molecule has 1 rings (SSSR count). The van der Waals surface area contributed by atoms with Gasteiger partial charge in [-0.05, 0) is 31.7 Å². The smallest absolute Gasteiger partial charge is 0.306 e. The van der Waals surface area contributed by atoms with E-state index in [1.54, 1.807) is 0 Å². The lowest BCUT2D eigenvalue weighted by atomic mass is 10.1. The van der Waals surface area contributed by atoms with Crippen LogP contribution in [0.4, 0.5) is 0 Å². The average Bonchev–Trinajstić information content (AvgIpc) is 2.68. The van der Waals surface area contributed by atoms with Crippen molar-refractivity contribution in [1.29, 1.82) is 0 Å². The van der Waals surface area contributed by atoms with E-state index in [2.05, 4.69) is 24.3 Å². The minimum atomic E-state index is -0.367. The number of hydrogen-bond acceptors (Lipinski definition) is 4. The topological polar surface area (TPSA) is 73.2 Å². The maximum absolute atomic E-state index is 11.6. The second-order valence-corrected chi connectivity index (χ2v) is 5.56. The first-order chi connectivity index (χ1) is 9.85. The fraction of sp³-hybridized carbons (Fsp3) is 0.667. The van der Waals surface area contributed by atoms with E-state index >= 15 is 0 Å². The first kappa shape index (κ1) is 17.2. The molecule has 0 bridgehead atoms. The van der Waals surface area contributed by atoms with Crippen LogP contribution in [0.5, 0.6) is 0 Å². The van der Waals surface area contributed by atoms with Gasteiger partial charge in [-0.25, -0.2) is 0 Å². The van der Waals surface area contributed by atoms with Gasteiger partial charge in [-0.3, -0.25) is 14.3 Å². The normalized spacial score (nSPS) is 10.8. The van der Waals surface area contributed by atoms with Crippen LogP contribution in [0.1, 0.15) is 37.2 Å². The average molecular weight is 295 g/mol. The predicted molar refractivity (Wildman–Crippen MR) is 79.9 cm³/mol. The summed E-state index contributed by atoms with van der Waals surface area (Å²) in [6, 6.07) is 0. The van der Waals surface area contributed by atoms with E-state index in [-0.39, 0.29) is 24.9 Å². The van der Waals surface area contributed by atoms with Crippen molar-refractivity contribution in [1.82, 2.24) is 15.1 Å². The molecule has 6 nitrogen and oxygen atoms in total. The van der Waals surface area contributed by atoms with E-state index in [0.717, 1.165) is 23.5 Å². The molecule has 1 aromatic rings. The van der Waals surface area contributed by atoms with E-state index in [1.165, 1.54) is 7.05 Å². The number of aryl methyl sites for hydroxylation is 1. The number of esters is 1. The van der Waals surface area contributed by atoms with Crippen LogP contribution in [0.25, 0.3) is 0 Å². The standard InChI is InChI=1S/C15H25N3O3/c1-10(2)8-18-12(4)13(11(3)17-18)6-7-15(20)21-9-14(19)16-5/h10H,6-9H2,1-5H3,(H,16,19). The summed E-state index contributed by atoms with van der Waals surface area (Å²) in [5, 5.41) is 6.92. The summed E-state index contributed by atoms with van der Waals surface area (Å²) < 4.78 is 6.88. The summed E-state index contributed by atoms with van der Waals surface area (Å²) in [6.45, 7) is 8.91. The molecule has 0 aromatic carbocycles. The molecule has 0 radical (unpaired) electrons. The predicted octanol–water partition coefficient (Wildman–Crippen LogP) is 1.38. The van der Waals surface area contributed by atoms with Gasteiger partial charge in [-0.15, -0.1) is 0 Å². The number of nitrogens with one attached hydrogen (secondary N) is 1. The highest BCUT2D eigenvalue weighted by Gasteiger charge is 2.14. The number of carbonyl (C=O) groups is 2. The van der Waals surface area contributed by atoms with E-state index < -0.39 is 0 Å². The zero-order valence-electron chi connectivity index (χ0n) is 13.5. The summed E-state index contributed by atoms with van der Waals surface area (Å²) in [5.74, 6) is -0.150. The highest BCUT2D eigenvalue weighted by atomic mass is 16.5. The second-order valence-electron chi connectivity index (χ2n) is 5.56. The van der Waals surface area contributed by atoms with Gasteiger partial charge >= 0.3 is 5.97 Å². The molecule has 21 heavy (non-hydrogen) atoms. The molecule has 6 heteroatoms. The first-order valence-electron chi connectivity index (χ1n) is 7.24. The lowest BCUT2D eigenvalue weighted by Crippen LogP contribution is -2.25. The van der Waals surface area contributed by atoms with Crippen LogP contribution in [0.3, 0.4) is 0 Å². The number of carbonyl (C=O) groups excluding carboxylic acids is 2. The van der Waals surface area contributed by atoms with Gasteiger partial charge in [0.1, 0.15) is 0 Å². The van der Waals surface area contributed by atoms with Crippen LogP contribution >= 0.6 is 0 Å². The minimum Gasteiger partial charge on any atom is -0.456 e. The van der Waals surface area contributed by atoms with Gasteiger partial charge in [0.25, 0.3) is 5.91 Å². The SMILES string of the molecule is CNC(=O)COC(=O)CCc1c(C)nn(CC(C)C)c1C. The van der Waals surface area contributed by atoms with Gasteiger partial charge in [0.15, 0.2) is 6.61 Å². The van der Waals surface area contributed by atoms with Gasteiger partial charge in [0.2, 0.25) is 0 Å². The molecule has 1 heterocycles. The maximum atomic E-state index is 11.6. The minimum absolute atomic E-state index is 0.222. The van der Waals surface area contributed by atoms with Crippen molar-refractivity contribution >= 4 is 11.9 Å². The zero-order chi connectivity index (χ0) is 16.0.